The number of nitrogens with zero attached hydrogens (tertiary/aromatic N) is 2. The van der Waals surface area contributed by atoms with Crippen molar-refractivity contribution >= 4 is 46.3 Å². The first kappa shape index (κ1) is 28.1. The van der Waals surface area contributed by atoms with Crippen LogP contribution in [0.15, 0.2) is 39.7 Å². The summed E-state index contributed by atoms with van der Waals surface area (Å²) in [5, 5.41) is 18.4. The molecule has 2 saturated heterocycles. The van der Waals surface area contributed by atoms with Gasteiger partial charge in [-0.15, -0.1) is 0 Å². The quantitative estimate of drug-likeness (QED) is 0.289. The number of benzene rings is 1. The lowest BCUT2D eigenvalue weighted by Gasteiger charge is -2.23. The molecule has 4 rings (SSSR count). The molecule has 0 radical (unpaired) electrons. The van der Waals surface area contributed by atoms with Crippen LogP contribution in [0.2, 0.25) is 0 Å². The molecule has 7 nitrogen and oxygen atoms in total. The van der Waals surface area contributed by atoms with Gasteiger partial charge in [0.1, 0.15) is 15.8 Å². The van der Waals surface area contributed by atoms with Crippen molar-refractivity contribution in [3.8, 4) is 11.3 Å². The second kappa shape index (κ2) is 10.4. The first-order valence-corrected chi connectivity index (χ1v) is 12.2. The smallest absolute Gasteiger partial charge is 0.416 e. The molecule has 2 unspecified atom stereocenters. The average Bonchev–Trinajstić information content (AvgIpc) is 3.52. The van der Waals surface area contributed by atoms with Gasteiger partial charge in [0, 0.05) is 31.3 Å². The third kappa shape index (κ3) is 6.06. The number of carbonyl (C=O) groups is 2. The van der Waals surface area contributed by atoms with E-state index in [1.165, 1.54) is 23.1 Å². The predicted molar refractivity (Wildman–Crippen MR) is 128 cm³/mol. The molecular formula is C23H18F6N2O5S2. The minimum Gasteiger partial charge on any atom is -0.479 e. The predicted octanol–water partition coefficient (Wildman–Crippen LogP) is 4.71. The van der Waals surface area contributed by atoms with Gasteiger partial charge >= 0.3 is 18.3 Å². The molecule has 2 aliphatic rings. The van der Waals surface area contributed by atoms with E-state index < -0.39 is 47.0 Å². The number of aliphatic hydroxyl groups excluding tert-OH is 1. The number of carbonyl (C=O) groups excluding carboxylic acids is 1. The van der Waals surface area contributed by atoms with E-state index in [2.05, 4.69) is 0 Å². The summed E-state index contributed by atoms with van der Waals surface area (Å²) in [7, 11) is 0. The van der Waals surface area contributed by atoms with Gasteiger partial charge in [-0.25, -0.2) is 4.79 Å². The van der Waals surface area contributed by atoms with Crippen LogP contribution in [0.1, 0.15) is 23.3 Å². The van der Waals surface area contributed by atoms with Gasteiger partial charge < -0.3 is 14.6 Å². The number of hydrogen-bond acceptors (Lipinski definition) is 7. The summed E-state index contributed by atoms with van der Waals surface area (Å²) in [4.78, 5) is 27.1. The van der Waals surface area contributed by atoms with Gasteiger partial charge in [-0.3, -0.25) is 14.6 Å². The van der Waals surface area contributed by atoms with Gasteiger partial charge in [0.05, 0.1) is 22.1 Å². The van der Waals surface area contributed by atoms with Gasteiger partial charge in [0.25, 0.3) is 5.91 Å². The van der Waals surface area contributed by atoms with E-state index in [4.69, 9.17) is 21.7 Å². The minimum atomic E-state index is -5.01. The SMILES string of the molecule is O=C(O)C(O)CN1CCC(N2C(=O)/C(=C/c3ccc(-c4cc(C(F)(F)F)cc(C(F)(F)F)c4)o3)SC2=S)C1. The molecule has 1 amide bonds. The highest BCUT2D eigenvalue weighted by Crippen LogP contribution is 2.40. The minimum absolute atomic E-state index is 0.0177. The number of alkyl halides is 6. The Hall–Kier alpha value is -2.88. The molecule has 2 aromatic rings. The molecule has 2 aliphatic heterocycles. The number of aliphatic hydroxyl groups is 1. The summed E-state index contributed by atoms with van der Waals surface area (Å²) in [6, 6.07) is 3.25. The molecule has 2 atom stereocenters. The van der Waals surface area contributed by atoms with Crippen LogP contribution in [-0.2, 0) is 21.9 Å². The Morgan fingerprint density at radius 2 is 1.79 bits per heavy atom. The second-order valence-electron chi connectivity index (χ2n) is 8.60. The Labute approximate surface area is 220 Å². The number of furan rings is 1. The van der Waals surface area contributed by atoms with Crippen molar-refractivity contribution in [2.24, 2.45) is 0 Å². The van der Waals surface area contributed by atoms with E-state index in [-0.39, 0.29) is 45.9 Å². The maximum absolute atomic E-state index is 13.2. The van der Waals surface area contributed by atoms with Gasteiger partial charge in [0.15, 0.2) is 6.10 Å². The molecule has 0 saturated carbocycles. The van der Waals surface area contributed by atoms with Crippen LogP contribution >= 0.6 is 24.0 Å². The first-order valence-electron chi connectivity index (χ1n) is 10.9. The van der Waals surface area contributed by atoms with Crippen molar-refractivity contribution in [3.63, 3.8) is 0 Å². The molecule has 38 heavy (non-hydrogen) atoms. The number of amides is 1. The number of likely N-dealkylation sites (tertiary alicyclic amines) is 1. The summed E-state index contributed by atoms with van der Waals surface area (Å²) in [5.41, 5.74) is -3.40. The van der Waals surface area contributed by atoms with E-state index >= 15 is 0 Å². The lowest BCUT2D eigenvalue weighted by Crippen LogP contribution is -2.42. The van der Waals surface area contributed by atoms with Crippen LogP contribution in [0.5, 0.6) is 0 Å². The number of aliphatic carboxylic acids is 1. The summed E-state index contributed by atoms with van der Waals surface area (Å²) in [6.07, 6.45) is -9.82. The Bertz CT molecular complexity index is 1270. The summed E-state index contributed by atoms with van der Waals surface area (Å²) >= 11 is 6.27. The number of rotatable bonds is 6. The van der Waals surface area contributed by atoms with Crippen molar-refractivity contribution in [1.82, 2.24) is 9.80 Å². The number of thioether (sulfide) groups is 1. The second-order valence-corrected chi connectivity index (χ2v) is 10.3. The highest BCUT2D eigenvalue weighted by Gasteiger charge is 2.41. The number of hydrogen-bond donors (Lipinski definition) is 2. The van der Waals surface area contributed by atoms with E-state index in [1.807, 2.05) is 0 Å². The molecule has 1 aromatic heterocycles. The number of carboxylic acid groups (broad SMARTS) is 1. The largest absolute Gasteiger partial charge is 0.479 e. The maximum atomic E-state index is 13.2. The zero-order chi connectivity index (χ0) is 28.0. The lowest BCUT2D eigenvalue weighted by atomic mass is 10.0. The van der Waals surface area contributed by atoms with Crippen LogP contribution in [0.4, 0.5) is 26.3 Å². The average molecular weight is 581 g/mol. The number of carboxylic acids is 1. The monoisotopic (exact) mass is 580 g/mol. The lowest BCUT2D eigenvalue weighted by molar-refractivity contribution is -0.147. The molecule has 0 aliphatic carbocycles. The van der Waals surface area contributed by atoms with E-state index in [9.17, 15) is 41.0 Å². The zero-order valence-electron chi connectivity index (χ0n) is 19.0. The third-order valence-electron chi connectivity index (χ3n) is 5.92. The molecule has 204 valence electrons. The Balaban J connectivity index is 1.53. The Morgan fingerprint density at radius 1 is 1.16 bits per heavy atom. The molecule has 0 spiro atoms. The highest BCUT2D eigenvalue weighted by atomic mass is 32.2. The van der Waals surface area contributed by atoms with Crippen LogP contribution in [0.3, 0.4) is 0 Å². The fraction of sp³-hybridized carbons (Fsp3) is 0.348. The molecule has 15 heteroatoms. The van der Waals surface area contributed by atoms with E-state index in [0.29, 0.717) is 25.1 Å². The standard InChI is InChI=1S/C23H18F6N2O5S2/c24-22(25,26)12-5-11(6-13(7-12)23(27,28)29)17-2-1-15(36-17)8-18-19(33)31(21(37)38-18)14-3-4-30(9-14)10-16(32)20(34)35/h1-2,5-8,14,16,32H,3-4,9-10H2,(H,34,35)/b18-8-. The fourth-order valence-corrected chi connectivity index (χ4v) is 5.50. The molecule has 3 heterocycles. The van der Waals surface area contributed by atoms with Crippen LogP contribution in [-0.4, -0.2) is 68.0 Å². The van der Waals surface area contributed by atoms with E-state index in [1.54, 1.807) is 4.90 Å². The number of thiocarbonyl (C=S) groups is 1. The zero-order valence-corrected chi connectivity index (χ0v) is 20.7. The molecule has 0 bridgehead atoms. The van der Waals surface area contributed by atoms with Crippen molar-refractivity contribution in [3.05, 3.63) is 52.1 Å². The Kier molecular flexibility index (Phi) is 7.67. The molecule has 2 fully saturated rings. The maximum Gasteiger partial charge on any atom is 0.416 e. The summed E-state index contributed by atoms with van der Waals surface area (Å²) in [5.74, 6) is -2.07. The van der Waals surface area contributed by atoms with Crippen molar-refractivity contribution in [2.75, 3.05) is 19.6 Å². The number of β-amino-alcohol motifs (C(OH)–C–C–N with tert-alkyl or cyclic N) is 1. The van der Waals surface area contributed by atoms with Crippen LogP contribution in [0, 0.1) is 0 Å². The Morgan fingerprint density at radius 3 is 2.37 bits per heavy atom. The molecular weight excluding hydrogens is 562 g/mol. The molecule has 1 aromatic carbocycles. The summed E-state index contributed by atoms with van der Waals surface area (Å²) in [6.45, 7) is 0.604. The van der Waals surface area contributed by atoms with Crippen molar-refractivity contribution < 1.29 is 50.6 Å². The molecule has 2 N–H and O–H groups in total. The van der Waals surface area contributed by atoms with E-state index in [0.717, 1.165) is 11.8 Å². The third-order valence-corrected chi connectivity index (χ3v) is 7.26. The van der Waals surface area contributed by atoms with Gasteiger partial charge in [-0.1, -0.05) is 24.0 Å². The topological polar surface area (TPSA) is 94.2 Å². The van der Waals surface area contributed by atoms with Crippen LogP contribution in [0.25, 0.3) is 17.4 Å². The van der Waals surface area contributed by atoms with Gasteiger partial charge in [0.2, 0.25) is 0 Å². The van der Waals surface area contributed by atoms with Gasteiger partial charge in [-0.05, 0) is 36.8 Å². The number of halogens is 6. The van der Waals surface area contributed by atoms with Gasteiger partial charge in [-0.2, -0.15) is 26.3 Å². The van der Waals surface area contributed by atoms with Crippen molar-refractivity contribution in [1.29, 1.82) is 0 Å². The highest BCUT2D eigenvalue weighted by molar-refractivity contribution is 8.26. The summed E-state index contributed by atoms with van der Waals surface area (Å²) < 4.78 is 84.8. The fourth-order valence-electron chi connectivity index (χ4n) is 4.12. The van der Waals surface area contributed by atoms with Crippen molar-refractivity contribution in [2.45, 2.75) is 30.9 Å². The normalized spacial score (nSPS) is 21.1. The first-order chi connectivity index (χ1) is 17.6. The van der Waals surface area contributed by atoms with Crippen LogP contribution < -0.4 is 0 Å².